The fourth-order valence-corrected chi connectivity index (χ4v) is 2.95. The molecule has 0 spiro atoms. The molecule has 106 valence electrons. The number of halogens is 2. The second kappa shape index (κ2) is 6.59. The molecule has 2 nitrogen and oxygen atoms in total. The molecule has 0 heterocycles. The molecule has 0 fully saturated rings. The summed E-state index contributed by atoms with van der Waals surface area (Å²) in [7, 11) is 0. The maximum atomic E-state index is 10.6. The zero-order chi connectivity index (χ0) is 14.7. The van der Waals surface area contributed by atoms with Crippen molar-refractivity contribution in [2.24, 2.45) is 5.73 Å². The predicted octanol–water partition coefficient (Wildman–Crippen LogP) is 4.08. The first-order valence-electron chi connectivity index (χ1n) is 6.42. The lowest BCUT2D eigenvalue weighted by atomic mass is 9.87. The molecule has 0 amide bonds. The summed E-state index contributed by atoms with van der Waals surface area (Å²) in [5, 5.41) is 11.6. The molecule has 2 rings (SSSR count). The van der Waals surface area contributed by atoms with E-state index in [9.17, 15) is 5.11 Å². The molecular formula is C16H17Cl2NO. The zero-order valence-corrected chi connectivity index (χ0v) is 12.7. The number of rotatable bonds is 4. The number of nitrogens with two attached hydrogens (primary N) is 1. The van der Waals surface area contributed by atoms with Crippen molar-refractivity contribution >= 4 is 23.2 Å². The van der Waals surface area contributed by atoms with Gasteiger partial charge in [0.15, 0.2) is 0 Å². The van der Waals surface area contributed by atoms with E-state index in [1.807, 2.05) is 31.2 Å². The lowest BCUT2D eigenvalue weighted by Crippen LogP contribution is -2.21. The lowest BCUT2D eigenvalue weighted by molar-refractivity contribution is 0.147. The number of aliphatic hydroxyl groups excluding tert-OH is 1. The minimum Gasteiger partial charge on any atom is -0.388 e. The topological polar surface area (TPSA) is 46.2 Å². The maximum Gasteiger partial charge on any atom is 0.0871 e. The van der Waals surface area contributed by atoms with E-state index in [2.05, 4.69) is 0 Å². The van der Waals surface area contributed by atoms with Gasteiger partial charge in [0, 0.05) is 22.5 Å². The van der Waals surface area contributed by atoms with Crippen LogP contribution in [0.15, 0.2) is 42.5 Å². The zero-order valence-electron chi connectivity index (χ0n) is 11.2. The summed E-state index contributed by atoms with van der Waals surface area (Å²) in [5.74, 6) is -0.189. The number of aliphatic hydroxyl groups is 1. The van der Waals surface area contributed by atoms with Crippen molar-refractivity contribution in [3.05, 3.63) is 69.2 Å². The molecule has 3 N–H and O–H groups in total. The van der Waals surface area contributed by atoms with Crippen LogP contribution in [0.25, 0.3) is 0 Å². The van der Waals surface area contributed by atoms with E-state index in [1.165, 1.54) is 0 Å². The average Bonchev–Trinajstić information content (AvgIpc) is 2.40. The fraction of sp³-hybridized carbons (Fsp3) is 0.250. The van der Waals surface area contributed by atoms with Crippen LogP contribution in [0.4, 0.5) is 0 Å². The Morgan fingerprint density at radius 3 is 2.25 bits per heavy atom. The third-order valence-corrected chi connectivity index (χ3v) is 3.89. The van der Waals surface area contributed by atoms with Crippen LogP contribution in [0.1, 0.15) is 28.7 Å². The van der Waals surface area contributed by atoms with E-state index >= 15 is 0 Å². The minimum atomic E-state index is -0.739. The highest BCUT2D eigenvalue weighted by Gasteiger charge is 2.23. The number of aryl methyl sites for hydroxylation is 1. The summed E-state index contributed by atoms with van der Waals surface area (Å²) < 4.78 is 0. The standard InChI is InChI=1S/C16H17Cl2NO/c1-10-4-2-3-5-14(10)15(9-19)16(20)11-6-12(17)8-13(18)7-11/h2-8,15-16,20H,9,19H2,1H3. The van der Waals surface area contributed by atoms with Gasteiger partial charge in [-0.3, -0.25) is 0 Å². The van der Waals surface area contributed by atoms with Crippen LogP contribution in [0.2, 0.25) is 10.0 Å². The SMILES string of the molecule is Cc1ccccc1C(CN)C(O)c1cc(Cl)cc(Cl)c1. The molecule has 0 radical (unpaired) electrons. The van der Waals surface area contributed by atoms with Crippen molar-refractivity contribution in [1.29, 1.82) is 0 Å². The Balaban J connectivity index is 2.39. The largest absolute Gasteiger partial charge is 0.388 e. The summed E-state index contributed by atoms with van der Waals surface area (Å²) in [6.07, 6.45) is -0.739. The van der Waals surface area contributed by atoms with Gasteiger partial charge in [-0.25, -0.2) is 0 Å². The van der Waals surface area contributed by atoms with E-state index in [0.29, 0.717) is 22.2 Å². The van der Waals surface area contributed by atoms with E-state index in [4.69, 9.17) is 28.9 Å². The van der Waals surface area contributed by atoms with Crippen molar-refractivity contribution < 1.29 is 5.11 Å². The van der Waals surface area contributed by atoms with Gasteiger partial charge < -0.3 is 10.8 Å². The van der Waals surface area contributed by atoms with Crippen LogP contribution in [0.5, 0.6) is 0 Å². The van der Waals surface area contributed by atoms with Crippen molar-refractivity contribution in [1.82, 2.24) is 0 Å². The molecule has 0 aromatic heterocycles. The van der Waals surface area contributed by atoms with Crippen molar-refractivity contribution in [3.8, 4) is 0 Å². The van der Waals surface area contributed by atoms with Gasteiger partial charge in [0.05, 0.1) is 6.10 Å². The number of hydrogen-bond acceptors (Lipinski definition) is 2. The molecular weight excluding hydrogens is 293 g/mol. The first-order chi connectivity index (χ1) is 9.52. The fourth-order valence-electron chi connectivity index (χ4n) is 2.41. The van der Waals surface area contributed by atoms with E-state index in [1.54, 1.807) is 18.2 Å². The van der Waals surface area contributed by atoms with Gasteiger partial charge in [0.1, 0.15) is 0 Å². The highest BCUT2D eigenvalue weighted by molar-refractivity contribution is 6.34. The van der Waals surface area contributed by atoms with Gasteiger partial charge in [-0.1, -0.05) is 47.5 Å². The second-order valence-corrected chi connectivity index (χ2v) is 5.72. The quantitative estimate of drug-likeness (QED) is 0.894. The van der Waals surface area contributed by atoms with Gasteiger partial charge >= 0.3 is 0 Å². The molecule has 0 saturated heterocycles. The molecule has 20 heavy (non-hydrogen) atoms. The normalized spacial score (nSPS) is 14.1. The second-order valence-electron chi connectivity index (χ2n) is 4.85. The van der Waals surface area contributed by atoms with Crippen molar-refractivity contribution in [2.75, 3.05) is 6.54 Å². The Labute approximate surface area is 129 Å². The summed E-state index contributed by atoms with van der Waals surface area (Å²) >= 11 is 12.0. The average molecular weight is 310 g/mol. The smallest absolute Gasteiger partial charge is 0.0871 e. The lowest BCUT2D eigenvalue weighted by Gasteiger charge is -2.24. The highest BCUT2D eigenvalue weighted by Crippen LogP contribution is 2.34. The van der Waals surface area contributed by atoms with Gasteiger partial charge in [-0.15, -0.1) is 0 Å². The summed E-state index contributed by atoms with van der Waals surface area (Å²) in [6.45, 7) is 2.35. The Hall–Kier alpha value is -1.06. The first-order valence-corrected chi connectivity index (χ1v) is 7.18. The van der Waals surface area contributed by atoms with Crippen LogP contribution < -0.4 is 5.73 Å². The summed E-state index contributed by atoms with van der Waals surface area (Å²) in [5.41, 5.74) is 8.69. The van der Waals surface area contributed by atoms with Gasteiger partial charge in [-0.2, -0.15) is 0 Å². The third kappa shape index (κ3) is 3.33. The molecule has 0 aliphatic heterocycles. The van der Waals surface area contributed by atoms with Gasteiger partial charge in [-0.05, 0) is 41.8 Å². The molecule has 0 aliphatic rings. The Morgan fingerprint density at radius 2 is 1.70 bits per heavy atom. The van der Waals surface area contributed by atoms with Crippen molar-refractivity contribution in [2.45, 2.75) is 18.9 Å². The molecule has 2 aromatic rings. The Bertz CT molecular complexity index is 581. The number of hydrogen-bond donors (Lipinski definition) is 2. The molecule has 2 aromatic carbocycles. The van der Waals surface area contributed by atoms with Crippen LogP contribution in [0, 0.1) is 6.92 Å². The molecule has 2 unspecified atom stereocenters. The minimum absolute atomic E-state index is 0.189. The Kier molecular flexibility index (Phi) is 5.06. The van der Waals surface area contributed by atoms with E-state index < -0.39 is 6.10 Å². The summed E-state index contributed by atoms with van der Waals surface area (Å²) in [6, 6.07) is 13.0. The highest BCUT2D eigenvalue weighted by atomic mass is 35.5. The Morgan fingerprint density at radius 1 is 1.10 bits per heavy atom. The van der Waals surface area contributed by atoms with Crippen LogP contribution in [0.3, 0.4) is 0 Å². The van der Waals surface area contributed by atoms with Crippen LogP contribution in [-0.4, -0.2) is 11.7 Å². The first kappa shape index (κ1) is 15.3. The van der Waals surface area contributed by atoms with Crippen LogP contribution >= 0.6 is 23.2 Å². The van der Waals surface area contributed by atoms with Gasteiger partial charge in [0.25, 0.3) is 0 Å². The molecule has 0 bridgehead atoms. The third-order valence-electron chi connectivity index (χ3n) is 3.45. The van der Waals surface area contributed by atoms with Crippen molar-refractivity contribution in [3.63, 3.8) is 0 Å². The van der Waals surface area contributed by atoms with Gasteiger partial charge in [0.2, 0.25) is 0 Å². The van der Waals surface area contributed by atoms with E-state index in [0.717, 1.165) is 11.1 Å². The van der Waals surface area contributed by atoms with E-state index in [-0.39, 0.29) is 5.92 Å². The summed E-state index contributed by atoms with van der Waals surface area (Å²) in [4.78, 5) is 0. The molecule has 0 aliphatic carbocycles. The molecule has 0 saturated carbocycles. The van der Waals surface area contributed by atoms with Crippen LogP contribution in [-0.2, 0) is 0 Å². The number of benzene rings is 2. The monoisotopic (exact) mass is 309 g/mol. The predicted molar refractivity (Wildman–Crippen MR) is 84.4 cm³/mol. The molecule has 2 atom stereocenters. The molecule has 4 heteroatoms. The maximum absolute atomic E-state index is 10.6.